The van der Waals surface area contributed by atoms with E-state index in [1.54, 1.807) is 0 Å². The van der Waals surface area contributed by atoms with E-state index in [0.29, 0.717) is 0 Å². The third-order valence-electron chi connectivity index (χ3n) is 0.921. The smallest absolute Gasteiger partial charge is 0.249 e. The number of primary amides is 1. The second kappa shape index (κ2) is 4.29. The Bertz CT molecular complexity index is 94.2. The zero-order chi connectivity index (χ0) is 7.28. The van der Waals surface area contributed by atoms with Crippen LogP contribution in [0.25, 0.3) is 0 Å². The summed E-state index contributed by atoms with van der Waals surface area (Å²) in [6.45, 7) is 2.71. The highest BCUT2D eigenvalue weighted by Gasteiger charge is 2.04. The molecule has 1 atom stereocenters. The van der Waals surface area contributed by atoms with Gasteiger partial charge in [-0.15, -0.1) is 0 Å². The van der Waals surface area contributed by atoms with Gasteiger partial charge in [-0.2, -0.15) is 0 Å². The van der Waals surface area contributed by atoms with Crippen molar-refractivity contribution in [2.24, 2.45) is 11.5 Å². The van der Waals surface area contributed by atoms with Gasteiger partial charge in [-0.25, -0.2) is 0 Å². The molecule has 0 heterocycles. The number of nitrogens with one attached hydrogen (secondary N) is 1. The Labute approximate surface area is 54.6 Å². The average molecular weight is 131 g/mol. The number of hydrogen-bond donors (Lipinski definition) is 3. The van der Waals surface area contributed by atoms with Crippen LogP contribution in [-0.4, -0.2) is 18.6 Å². The summed E-state index contributed by atoms with van der Waals surface area (Å²) in [5.41, 5.74) is 10.1. The molecule has 0 aromatic carbocycles. The first-order valence-electron chi connectivity index (χ1n) is 2.96. The van der Waals surface area contributed by atoms with Gasteiger partial charge in [0.2, 0.25) is 5.91 Å². The predicted octanol–water partition coefficient (Wildman–Crippen LogP) is -1.24. The molecule has 0 aliphatic rings. The fourth-order valence-electron chi connectivity index (χ4n) is 0.400. The summed E-state index contributed by atoms with van der Waals surface area (Å²) in [5.74, 6) is -0.511. The summed E-state index contributed by atoms with van der Waals surface area (Å²) in [4.78, 5) is 10.2. The number of carbonyl (C=O) groups excluding carboxylic acids is 1. The second-order valence-corrected chi connectivity index (χ2v) is 1.83. The predicted molar refractivity (Wildman–Crippen MR) is 35.5 cm³/mol. The van der Waals surface area contributed by atoms with Gasteiger partial charge in [0.05, 0.1) is 0 Å². The quantitative estimate of drug-likeness (QED) is 0.417. The van der Waals surface area contributed by atoms with E-state index in [0.717, 1.165) is 13.0 Å². The molecule has 0 saturated carbocycles. The van der Waals surface area contributed by atoms with Crippen LogP contribution in [0.4, 0.5) is 0 Å². The summed E-state index contributed by atoms with van der Waals surface area (Å²) < 4.78 is 0. The van der Waals surface area contributed by atoms with E-state index in [4.69, 9.17) is 11.5 Å². The topological polar surface area (TPSA) is 81.1 Å². The zero-order valence-electron chi connectivity index (χ0n) is 5.55. The van der Waals surface area contributed by atoms with Gasteiger partial charge >= 0.3 is 0 Å². The summed E-state index contributed by atoms with van der Waals surface area (Å²) in [5, 5.41) is 2.73. The molecular weight excluding hydrogens is 118 g/mol. The van der Waals surface area contributed by atoms with Gasteiger partial charge in [-0.3, -0.25) is 10.1 Å². The number of rotatable bonds is 4. The van der Waals surface area contributed by atoms with E-state index in [9.17, 15) is 4.79 Å². The molecule has 0 spiro atoms. The van der Waals surface area contributed by atoms with Crippen molar-refractivity contribution < 1.29 is 4.79 Å². The second-order valence-electron chi connectivity index (χ2n) is 1.83. The Balaban J connectivity index is 3.27. The van der Waals surface area contributed by atoms with Crippen molar-refractivity contribution in [1.29, 1.82) is 0 Å². The van der Waals surface area contributed by atoms with Gasteiger partial charge in [0, 0.05) is 0 Å². The lowest BCUT2D eigenvalue weighted by Gasteiger charge is -2.07. The maximum Gasteiger partial charge on any atom is 0.249 e. The van der Waals surface area contributed by atoms with Crippen molar-refractivity contribution in [2.45, 2.75) is 19.5 Å². The van der Waals surface area contributed by atoms with E-state index in [2.05, 4.69) is 5.32 Å². The number of hydrogen-bond acceptors (Lipinski definition) is 3. The van der Waals surface area contributed by atoms with Gasteiger partial charge in [-0.05, 0) is 13.0 Å². The Hall–Kier alpha value is -0.610. The van der Waals surface area contributed by atoms with Gasteiger partial charge in [-0.1, -0.05) is 6.92 Å². The lowest BCUT2D eigenvalue weighted by atomic mass is 10.4. The number of amides is 1. The maximum absolute atomic E-state index is 10.2. The van der Waals surface area contributed by atoms with Crippen LogP contribution < -0.4 is 16.8 Å². The molecule has 0 radical (unpaired) electrons. The minimum Gasteiger partial charge on any atom is -0.367 e. The maximum atomic E-state index is 10.2. The monoisotopic (exact) mass is 131 g/mol. The fourth-order valence-corrected chi connectivity index (χ4v) is 0.400. The van der Waals surface area contributed by atoms with Gasteiger partial charge in [0.1, 0.15) is 6.17 Å². The lowest BCUT2D eigenvalue weighted by Crippen LogP contribution is -2.48. The minimum absolute atomic E-state index is 0.511. The van der Waals surface area contributed by atoms with Crippen molar-refractivity contribution in [3.8, 4) is 0 Å². The Morgan fingerprint density at radius 3 is 2.67 bits per heavy atom. The molecule has 1 amide bonds. The molecule has 4 nitrogen and oxygen atoms in total. The normalized spacial score (nSPS) is 13.1. The highest BCUT2D eigenvalue weighted by Crippen LogP contribution is 1.72. The number of carbonyl (C=O) groups is 1. The van der Waals surface area contributed by atoms with E-state index in [-0.39, 0.29) is 0 Å². The average Bonchev–Trinajstić information content (AvgIpc) is 1.82. The summed E-state index contributed by atoms with van der Waals surface area (Å²) in [6.07, 6.45) is 0.256. The molecular formula is C5H13N3O. The van der Waals surface area contributed by atoms with E-state index in [1.807, 2.05) is 6.92 Å². The molecule has 0 bridgehead atoms. The molecule has 1 unspecified atom stereocenters. The van der Waals surface area contributed by atoms with Crippen molar-refractivity contribution in [2.75, 3.05) is 6.54 Å². The molecule has 0 aliphatic heterocycles. The number of nitrogens with two attached hydrogens (primary N) is 2. The van der Waals surface area contributed by atoms with Gasteiger partial charge in [0.25, 0.3) is 0 Å². The molecule has 0 fully saturated rings. The highest BCUT2D eigenvalue weighted by molar-refractivity contribution is 5.78. The molecule has 0 saturated heterocycles. The van der Waals surface area contributed by atoms with E-state index >= 15 is 0 Å². The third-order valence-corrected chi connectivity index (χ3v) is 0.921. The van der Waals surface area contributed by atoms with Crippen LogP contribution in [0, 0.1) is 0 Å². The van der Waals surface area contributed by atoms with Gasteiger partial charge < -0.3 is 11.5 Å². The van der Waals surface area contributed by atoms with E-state index < -0.39 is 12.1 Å². The molecule has 0 aromatic rings. The van der Waals surface area contributed by atoms with Crippen molar-refractivity contribution in [3.05, 3.63) is 0 Å². The highest BCUT2D eigenvalue weighted by atomic mass is 16.1. The van der Waals surface area contributed by atoms with Crippen molar-refractivity contribution in [1.82, 2.24) is 5.32 Å². The standard InChI is InChI=1S/C5H13N3O/c1-2-3-8-4(6)5(7)9/h4,8H,2-3,6H2,1H3,(H2,7,9). The Kier molecular flexibility index (Phi) is 4.00. The van der Waals surface area contributed by atoms with Crippen LogP contribution in [0.2, 0.25) is 0 Å². The first-order chi connectivity index (χ1) is 4.18. The summed E-state index contributed by atoms with van der Waals surface area (Å²) in [6, 6.07) is 0. The van der Waals surface area contributed by atoms with Crippen LogP contribution in [-0.2, 0) is 4.79 Å². The molecule has 4 heteroatoms. The molecule has 9 heavy (non-hydrogen) atoms. The van der Waals surface area contributed by atoms with E-state index in [1.165, 1.54) is 0 Å². The molecule has 0 aromatic heterocycles. The van der Waals surface area contributed by atoms with Crippen LogP contribution in [0.15, 0.2) is 0 Å². The summed E-state index contributed by atoms with van der Waals surface area (Å²) in [7, 11) is 0. The minimum atomic E-state index is -0.690. The summed E-state index contributed by atoms with van der Waals surface area (Å²) >= 11 is 0. The van der Waals surface area contributed by atoms with Crippen LogP contribution in [0.5, 0.6) is 0 Å². The van der Waals surface area contributed by atoms with Gasteiger partial charge in [0.15, 0.2) is 0 Å². The van der Waals surface area contributed by atoms with Crippen molar-refractivity contribution >= 4 is 5.91 Å². The SMILES string of the molecule is CCCNC(N)C(N)=O. The largest absolute Gasteiger partial charge is 0.367 e. The van der Waals surface area contributed by atoms with Crippen molar-refractivity contribution in [3.63, 3.8) is 0 Å². The molecule has 5 N–H and O–H groups in total. The third kappa shape index (κ3) is 3.93. The molecule has 0 aliphatic carbocycles. The Morgan fingerprint density at radius 1 is 1.78 bits per heavy atom. The molecule has 0 rings (SSSR count). The zero-order valence-corrected chi connectivity index (χ0v) is 5.55. The fraction of sp³-hybridized carbons (Fsp3) is 0.800. The van der Waals surface area contributed by atoms with Crippen LogP contribution in [0.3, 0.4) is 0 Å². The first kappa shape index (κ1) is 8.39. The van der Waals surface area contributed by atoms with Crippen LogP contribution in [0.1, 0.15) is 13.3 Å². The van der Waals surface area contributed by atoms with Crippen LogP contribution >= 0.6 is 0 Å². The first-order valence-corrected chi connectivity index (χ1v) is 2.96. The molecule has 54 valence electrons. The lowest BCUT2D eigenvalue weighted by molar-refractivity contribution is -0.119. The Morgan fingerprint density at radius 2 is 2.33 bits per heavy atom.